The van der Waals surface area contributed by atoms with Gasteiger partial charge in [-0.3, -0.25) is 14.4 Å². The molecule has 0 bridgehead atoms. The van der Waals surface area contributed by atoms with E-state index in [0.717, 1.165) is 0 Å². The smallest absolute Gasteiger partial charge is 0.202 e. The van der Waals surface area contributed by atoms with Crippen molar-refractivity contribution >= 4 is 17.3 Å². The maximum atomic E-state index is 13.2. The molecule has 0 fully saturated rings. The van der Waals surface area contributed by atoms with Crippen molar-refractivity contribution in [2.75, 3.05) is 7.11 Å². The van der Waals surface area contributed by atoms with Gasteiger partial charge in [0, 0.05) is 35.4 Å². The van der Waals surface area contributed by atoms with Gasteiger partial charge in [-0.15, -0.1) is 0 Å². The molecule has 31 heavy (non-hydrogen) atoms. The molecule has 0 aliphatic heterocycles. The van der Waals surface area contributed by atoms with Crippen LogP contribution in [0.2, 0.25) is 0 Å². The molecule has 2 atom stereocenters. The monoisotopic (exact) mass is 426 g/mol. The highest BCUT2D eigenvalue weighted by Crippen LogP contribution is 2.51. The van der Waals surface area contributed by atoms with Crippen LogP contribution in [0.5, 0.6) is 17.2 Å². The van der Waals surface area contributed by atoms with E-state index in [9.17, 15) is 34.8 Å². The zero-order valence-electron chi connectivity index (χ0n) is 17.2. The average molecular weight is 426 g/mol. The number of aliphatic hydroxyl groups is 2. The number of aliphatic hydroxyl groups excluding tert-OH is 1. The zero-order valence-corrected chi connectivity index (χ0v) is 17.2. The second-order valence-corrected chi connectivity index (χ2v) is 8.33. The highest BCUT2D eigenvalue weighted by atomic mass is 16.5. The molecule has 0 radical (unpaired) electrons. The fourth-order valence-corrected chi connectivity index (χ4v) is 4.67. The minimum absolute atomic E-state index is 0.00336. The number of phenols is 2. The second-order valence-electron chi connectivity index (χ2n) is 8.33. The summed E-state index contributed by atoms with van der Waals surface area (Å²) in [6.45, 7) is 3.19. The fourth-order valence-electron chi connectivity index (χ4n) is 4.67. The molecule has 0 spiro atoms. The summed E-state index contributed by atoms with van der Waals surface area (Å²) in [5, 5.41) is 43.5. The first-order valence-corrected chi connectivity index (χ1v) is 9.85. The molecule has 2 aromatic rings. The Morgan fingerprint density at radius 3 is 2.35 bits per heavy atom. The first kappa shape index (κ1) is 21.0. The van der Waals surface area contributed by atoms with Crippen LogP contribution in [0.15, 0.2) is 18.2 Å². The van der Waals surface area contributed by atoms with Gasteiger partial charge in [0.15, 0.2) is 11.6 Å². The molecule has 2 unspecified atom stereocenters. The van der Waals surface area contributed by atoms with Crippen molar-refractivity contribution in [2.45, 2.75) is 38.4 Å². The Morgan fingerprint density at radius 1 is 1.10 bits per heavy atom. The molecule has 4 N–H and O–H groups in total. The van der Waals surface area contributed by atoms with Crippen LogP contribution in [-0.4, -0.2) is 50.5 Å². The highest BCUT2D eigenvalue weighted by Gasteiger charge is 2.48. The summed E-state index contributed by atoms with van der Waals surface area (Å²) in [6, 6.07) is 4.42. The number of hydrogen-bond donors (Lipinski definition) is 4. The Hall–Kier alpha value is -3.23. The minimum atomic E-state index is -1.98. The van der Waals surface area contributed by atoms with E-state index in [1.807, 2.05) is 0 Å². The summed E-state index contributed by atoms with van der Waals surface area (Å²) in [5.74, 6) is -3.68. The van der Waals surface area contributed by atoms with Crippen molar-refractivity contribution in [1.29, 1.82) is 0 Å². The van der Waals surface area contributed by atoms with E-state index in [-0.39, 0.29) is 28.0 Å². The number of ketones is 3. The fraction of sp³-hybridized carbons (Fsp3) is 0.348. The van der Waals surface area contributed by atoms with Gasteiger partial charge in [0.2, 0.25) is 5.78 Å². The van der Waals surface area contributed by atoms with Gasteiger partial charge in [-0.2, -0.15) is 0 Å². The van der Waals surface area contributed by atoms with E-state index in [1.54, 1.807) is 13.8 Å². The van der Waals surface area contributed by atoms with Gasteiger partial charge < -0.3 is 25.2 Å². The van der Waals surface area contributed by atoms with Crippen LogP contribution in [0.1, 0.15) is 69.3 Å². The zero-order chi connectivity index (χ0) is 22.8. The van der Waals surface area contributed by atoms with E-state index in [4.69, 9.17) is 4.74 Å². The third-order valence-electron chi connectivity index (χ3n) is 6.08. The first-order valence-electron chi connectivity index (χ1n) is 9.85. The average Bonchev–Trinajstić information content (AvgIpc) is 2.72. The molecule has 0 heterocycles. The molecule has 2 aromatic carbocycles. The predicted octanol–water partition coefficient (Wildman–Crippen LogP) is 1.82. The Kier molecular flexibility index (Phi) is 4.68. The number of fused-ring (bicyclic) bond motifs is 3. The van der Waals surface area contributed by atoms with Crippen LogP contribution in [0, 0.1) is 5.92 Å². The second kappa shape index (κ2) is 6.90. The van der Waals surface area contributed by atoms with E-state index < -0.39 is 70.4 Å². The standard InChI is InChI=1S/C23H22O8/c1-9(2)22(29)23(30)7-11-14(12(24)8-23)20(27)17-16(19(11)26)18(25)10-5-4-6-13(31-3)15(10)21(17)28/h4-6,9,12,24,26-27,30H,7-8H2,1-3H3. The van der Waals surface area contributed by atoms with Crippen molar-refractivity contribution < 1.29 is 39.5 Å². The number of benzene rings is 2. The summed E-state index contributed by atoms with van der Waals surface area (Å²) >= 11 is 0. The number of ether oxygens (including phenoxy) is 1. The van der Waals surface area contributed by atoms with Gasteiger partial charge in [-0.25, -0.2) is 0 Å². The lowest BCUT2D eigenvalue weighted by molar-refractivity contribution is -0.145. The molecular weight excluding hydrogens is 404 g/mol. The molecule has 8 nitrogen and oxygen atoms in total. The van der Waals surface area contributed by atoms with Crippen LogP contribution in [-0.2, 0) is 11.2 Å². The SMILES string of the molecule is COc1cccc2c1C(=O)c1c(O)c3c(c(O)c1C2=O)CC(O)(C(=O)C(C)C)CC3O. The van der Waals surface area contributed by atoms with Crippen LogP contribution >= 0.6 is 0 Å². The molecule has 4 rings (SSSR count). The summed E-state index contributed by atoms with van der Waals surface area (Å²) in [7, 11) is 1.34. The van der Waals surface area contributed by atoms with E-state index in [0.29, 0.717) is 0 Å². The van der Waals surface area contributed by atoms with Crippen molar-refractivity contribution in [3.8, 4) is 17.2 Å². The van der Waals surface area contributed by atoms with Crippen LogP contribution in [0.25, 0.3) is 0 Å². The number of methoxy groups -OCH3 is 1. The molecule has 0 amide bonds. The van der Waals surface area contributed by atoms with Gasteiger partial charge in [-0.1, -0.05) is 26.0 Å². The van der Waals surface area contributed by atoms with Crippen molar-refractivity contribution in [3.63, 3.8) is 0 Å². The van der Waals surface area contributed by atoms with Crippen LogP contribution in [0.3, 0.4) is 0 Å². The van der Waals surface area contributed by atoms with Crippen molar-refractivity contribution in [2.24, 2.45) is 5.92 Å². The third kappa shape index (κ3) is 2.79. The number of phenolic OH excluding ortho intramolecular Hbond substituents is 2. The largest absolute Gasteiger partial charge is 0.507 e. The summed E-state index contributed by atoms with van der Waals surface area (Å²) in [5.41, 5.74) is -3.18. The quantitative estimate of drug-likeness (QED) is 0.465. The van der Waals surface area contributed by atoms with Crippen LogP contribution < -0.4 is 4.74 Å². The predicted molar refractivity (Wildman–Crippen MR) is 108 cm³/mol. The van der Waals surface area contributed by atoms with E-state index in [1.165, 1.54) is 25.3 Å². The lowest BCUT2D eigenvalue weighted by Crippen LogP contribution is -2.47. The summed E-state index contributed by atoms with van der Waals surface area (Å²) in [4.78, 5) is 39.0. The number of carbonyl (C=O) groups excluding carboxylic acids is 3. The number of Topliss-reactive ketones (excluding diaryl/α,β-unsaturated/α-hetero) is 1. The molecule has 2 aliphatic carbocycles. The van der Waals surface area contributed by atoms with E-state index >= 15 is 0 Å². The first-order chi connectivity index (χ1) is 14.5. The van der Waals surface area contributed by atoms with Gasteiger partial charge in [0.1, 0.15) is 22.8 Å². The molecule has 2 aliphatic rings. The maximum Gasteiger partial charge on any atom is 0.202 e. The molecule has 0 saturated carbocycles. The summed E-state index contributed by atoms with van der Waals surface area (Å²) in [6.07, 6.45) is -2.35. The van der Waals surface area contributed by atoms with Gasteiger partial charge >= 0.3 is 0 Å². The molecular formula is C23H22O8. The molecule has 0 saturated heterocycles. The van der Waals surface area contributed by atoms with Gasteiger partial charge in [0.05, 0.1) is 29.9 Å². The Bertz CT molecular complexity index is 1160. The normalized spacial score (nSPS) is 22.1. The number of aromatic hydroxyl groups is 2. The number of hydrogen-bond acceptors (Lipinski definition) is 8. The van der Waals surface area contributed by atoms with Crippen LogP contribution in [0.4, 0.5) is 0 Å². The summed E-state index contributed by atoms with van der Waals surface area (Å²) < 4.78 is 5.19. The van der Waals surface area contributed by atoms with Gasteiger partial charge in [-0.05, 0) is 6.07 Å². The molecule has 0 aromatic heterocycles. The molecule has 162 valence electrons. The lowest BCUT2D eigenvalue weighted by atomic mass is 9.70. The minimum Gasteiger partial charge on any atom is -0.507 e. The lowest BCUT2D eigenvalue weighted by Gasteiger charge is -2.38. The number of rotatable bonds is 3. The molecule has 8 heteroatoms. The van der Waals surface area contributed by atoms with E-state index in [2.05, 4.69) is 0 Å². The highest BCUT2D eigenvalue weighted by molar-refractivity contribution is 6.31. The van der Waals surface area contributed by atoms with Crippen molar-refractivity contribution in [3.05, 3.63) is 51.6 Å². The third-order valence-corrected chi connectivity index (χ3v) is 6.08. The van der Waals surface area contributed by atoms with Gasteiger partial charge in [0.25, 0.3) is 0 Å². The Morgan fingerprint density at radius 2 is 1.74 bits per heavy atom. The Balaban J connectivity index is 1.99. The van der Waals surface area contributed by atoms with Crippen molar-refractivity contribution in [1.82, 2.24) is 0 Å². The Labute approximate surface area is 177 Å². The topological polar surface area (TPSA) is 141 Å². The maximum absolute atomic E-state index is 13.2. The number of carbonyl (C=O) groups is 3.